The first-order valence-electron chi connectivity index (χ1n) is 12.3. The van der Waals surface area contributed by atoms with E-state index in [0.29, 0.717) is 0 Å². The lowest BCUT2D eigenvalue weighted by Crippen LogP contribution is -1.95. The summed E-state index contributed by atoms with van der Waals surface area (Å²) < 4.78 is 8.55. The Morgan fingerprint density at radius 3 is 2.00 bits per heavy atom. The minimum absolute atomic E-state index is 0.831. The first kappa shape index (κ1) is 24.2. The van der Waals surface area contributed by atoms with Gasteiger partial charge in [0.1, 0.15) is 0 Å². The normalized spacial score (nSPS) is 11.4. The lowest BCUT2D eigenvalue weighted by atomic mass is 10.1. The molecule has 0 unspecified atom stereocenters. The maximum absolute atomic E-state index is 5.99. The summed E-state index contributed by atoms with van der Waals surface area (Å²) in [7, 11) is 0. The fraction of sp³-hybridized carbons (Fsp3) is 0.615. The Balaban J connectivity index is 1.42. The molecule has 0 N–H and O–H groups in total. The van der Waals surface area contributed by atoms with Crippen LogP contribution in [-0.4, -0.2) is 16.6 Å². The van der Waals surface area contributed by atoms with Crippen molar-refractivity contribution in [2.75, 3.05) is 6.61 Å². The second kappa shape index (κ2) is 13.8. The summed E-state index contributed by atoms with van der Waals surface area (Å²) in [4.78, 5) is 10.4. The summed E-state index contributed by atoms with van der Waals surface area (Å²) in [5, 5.41) is 1.04. The molecule has 0 aliphatic rings. The van der Waals surface area contributed by atoms with Gasteiger partial charge in [-0.3, -0.25) is 0 Å². The number of hydrogen-bond donors (Lipinski definition) is 0. The zero-order chi connectivity index (χ0) is 21.7. The highest BCUT2D eigenvalue weighted by Crippen LogP contribution is 2.40. The standard InChI is InChI=1S/C26H38N2OS2/c1-3-5-7-9-10-12-14-16-29-25-18-23-22(31-25)17-24(30-23)26-27-19-21(20-28-26)15-13-11-8-6-4-2/h17-20H,3-16H2,1-2H3. The highest BCUT2D eigenvalue weighted by atomic mass is 32.1. The smallest absolute Gasteiger partial charge is 0.175 e. The van der Waals surface area contributed by atoms with E-state index >= 15 is 0 Å². The third-order valence-corrected chi connectivity index (χ3v) is 7.87. The Morgan fingerprint density at radius 1 is 0.710 bits per heavy atom. The molecule has 3 aromatic heterocycles. The fourth-order valence-corrected chi connectivity index (χ4v) is 5.98. The molecule has 0 radical (unpaired) electrons. The van der Waals surface area contributed by atoms with Crippen molar-refractivity contribution in [3.8, 4) is 15.8 Å². The van der Waals surface area contributed by atoms with Crippen LogP contribution in [0.3, 0.4) is 0 Å². The monoisotopic (exact) mass is 458 g/mol. The van der Waals surface area contributed by atoms with Crippen LogP contribution < -0.4 is 4.74 Å². The lowest BCUT2D eigenvalue weighted by molar-refractivity contribution is 0.313. The van der Waals surface area contributed by atoms with Crippen LogP contribution in [0.1, 0.15) is 96.5 Å². The summed E-state index contributed by atoms with van der Waals surface area (Å²) in [5.41, 5.74) is 1.25. The van der Waals surface area contributed by atoms with Gasteiger partial charge in [0.05, 0.1) is 11.5 Å². The third kappa shape index (κ3) is 8.19. The summed E-state index contributed by atoms with van der Waals surface area (Å²) >= 11 is 3.51. The Labute approximate surface area is 196 Å². The molecule has 0 spiro atoms. The topological polar surface area (TPSA) is 35.0 Å². The molecule has 0 saturated carbocycles. The maximum Gasteiger partial charge on any atom is 0.175 e. The molecule has 3 aromatic rings. The van der Waals surface area contributed by atoms with E-state index in [4.69, 9.17) is 4.74 Å². The van der Waals surface area contributed by atoms with Gasteiger partial charge in [0.15, 0.2) is 10.9 Å². The SMILES string of the molecule is CCCCCCCCCOc1cc2sc(-c3ncc(CCCCCCC)cn3)cc2s1. The molecule has 0 aromatic carbocycles. The highest BCUT2D eigenvalue weighted by molar-refractivity contribution is 7.30. The predicted octanol–water partition coefficient (Wildman–Crippen LogP) is 9.06. The van der Waals surface area contributed by atoms with Crippen LogP contribution in [0.15, 0.2) is 24.5 Å². The van der Waals surface area contributed by atoms with E-state index in [1.807, 2.05) is 12.4 Å². The molecule has 0 bridgehead atoms. The van der Waals surface area contributed by atoms with Gasteiger partial charge in [-0.05, 0) is 30.9 Å². The van der Waals surface area contributed by atoms with E-state index < -0.39 is 0 Å². The second-order valence-electron chi connectivity index (χ2n) is 8.45. The number of rotatable bonds is 16. The third-order valence-electron chi connectivity index (χ3n) is 5.67. The number of aryl methyl sites for hydroxylation is 1. The van der Waals surface area contributed by atoms with Gasteiger partial charge < -0.3 is 4.74 Å². The van der Waals surface area contributed by atoms with E-state index in [2.05, 4.69) is 35.9 Å². The molecular formula is C26H38N2OS2. The van der Waals surface area contributed by atoms with Crippen molar-refractivity contribution >= 4 is 32.1 Å². The van der Waals surface area contributed by atoms with Gasteiger partial charge in [-0.25, -0.2) is 9.97 Å². The number of nitrogens with zero attached hydrogens (tertiary/aromatic N) is 2. The average Bonchev–Trinajstić information content (AvgIpc) is 3.35. The molecular weight excluding hydrogens is 420 g/mol. The molecule has 0 amide bonds. The summed E-state index contributed by atoms with van der Waals surface area (Å²) in [5.74, 6) is 0.841. The zero-order valence-electron chi connectivity index (χ0n) is 19.3. The summed E-state index contributed by atoms with van der Waals surface area (Å²) in [6.45, 7) is 5.35. The van der Waals surface area contributed by atoms with Gasteiger partial charge in [-0.15, -0.1) is 11.3 Å². The molecule has 0 aliphatic carbocycles. The van der Waals surface area contributed by atoms with Crippen LogP contribution in [0, 0.1) is 0 Å². The minimum Gasteiger partial charge on any atom is -0.484 e. The molecule has 5 heteroatoms. The molecule has 170 valence electrons. The summed E-state index contributed by atoms with van der Waals surface area (Å²) in [6, 6.07) is 4.39. The zero-order valence-corrected chi connectivity index (χ0v) is 21.0. The van der Waals surface area contributed by atoms with Crippen molar-refractivity contribution in [3.05, 3.63) is 30.1 Å². The molecule has 3 rings (SSSR count). The van der Waals surface area contributed by atoms with Gasteiger partial charge in [0.25, 0.3) is 0 Å². The Bertz CT molecular complexity index is 838. The van der Waals surface area contributed by atoms with E-state index in [0.717, 1.165) is 35.2 Å². The maximum atomic E-state index is 5.99. The number of fused-ring (bicyclic) bond motifs is 1. The number of thiophene rings is 2. The van der Waals surface area contributed by atoms with Crippen molar-refractivity contribution in [1.29, 1.82) is 0 Å². The fourth-order valence-electron chi connectivity index (χ4n) is 3.77. The quantitative estimate of drug-likeness (QED) is 0.201. The second-order valence-corrected chi connectivity index (χ2v) is 10.6. The van der Waals surface area contributed by atoms with Crippen molar-refractivity contribution in [1.82, 2.24) is 9.97 Å². The lowest BCUT2D eigenvalue weighted by Gasteiger charge is -2.03. The Morgan fingerprint density at radius 2 is 1.32 bits per heavy atom. The average molecular weight is 459 g/mol. The van der Waals surface area contributed by atoms with Crippen LogP contribution in [0.4, 0.5) is 0 Å². The Kier molecular flexibility index (Phi) is 10.8. The largest absolute Gasteiger partial charge is 0.484 e. The number of aromatic nitrogens is 2. The number of unbranched alkanes of at least 4 members (excludes halogenated alkanes) is 10. The molecule has 0 aliphatic heterocycles. The molecule has 0 atom stereocenters. The van der Waals surface area contributed by atoms with Gasteiger partial charge in [-0.2, -0.15) is 0 Å². The van der Waals surface area contributed by atoms with Gasteiger partial charge in [0.2, 0.25) is 0 Å². The van der Waals surface area contributed by atoms with E-state index in [1.54, 1.807) is 22.7 Å². The number of hydrogen-bond acceptors (Lipinski definition) is 5. The van der Waals surface area contributed by atoms with E-state index in [1.165, 1.54) is 85.6 Å². The molecule has 3 nitrogen and oxygen atoms in total. The summed E-state index contributed by atoms with van der Waals surface area (Å²) in [6.07, 6.45) is 20.8. The first-order chi connectivity index (χ1) is 15.3. The first-order valence-corrected chi connectivity index (χ1v) is 13.9. The number of ether oxygens (including phenoxy) is 1. The van der Waals surface area contributed by atoms with Gasteiger partial charge in [-0.1, -0.05) is 89.4 Å². The Hall–Kier alpha value is -1.46. The van der Waals surface area contributed by atoms with Gasteiger partial charge in [0, 0.05) is 27.9 Å². The van der Waals surface area contributed by atoms with Crippen molar-refractivity contribution < 1.29 is 4.74 Å². The van der Waals surface area contributed by atoms with E-state index in [9.17, 15) is 0 Å². The van der Waals surface area contributed by atoms with Crippen LogP contribution in [-0.2, 0) is 6.42 Å². The van der Waals surface area contributed by atoms with Gasteiger partial charge >= 0.3 is 0 Å². The van der Waals surface area contributed by atoms with Crippen LogP contribution in [0.25, 0.3) is 20.1 Å². The molecule has 31 heavy (non-hydrogen) atoms. The predicted molar refractivity (Wildman–Crippen MR) is 137 cm³/mol. The van der Waals surface area contributed by atoms with Crippen molar-refractivity contribution in [2.45, 2.75) is 97.3 Å². The van der Waals surface area contributed by atoms with Crippen LogP contribution in [0.5, 0.6) is 5.06 Å². The molecule has 0 saturated heterocycles. The van der Waals surface area contributed by atoms with Crippen molar-refractivity contribution in [3.63, 3.8) is 0 Å². The van der Waals surface area contributed by atoms with Crippen LogP contribution in [0.2, 0.25) is 0 Å². The van der Waals surface area contributed by atoms with Crippen LogP contribution >= 0.6 is 22.7 Å². The minimum atomic E-state index is 0.831. The molecule has 3 heterocycles. The molecule has 0 fully saturated rings. The van der Waals surface area contributed by atoms with E-state index in [-0.39, 0.29) is 0 Å². The highest BCUT2D eigenvalue weighted by Gasteiger charge is 2.11. The van der Waals surface area contributed by atoms with Crippen molar-refractivity contribution in [2.24, 2.45) is 0 Å².